The third kappa shape index (κ3) is 9.95. The van der Waals surface area contributed by atoms with E-state index in [-0.39, 0.29) is 17.2 Å². The van der Waals surface area contributed by atoms with E-state index in [1.165, 1.54) is 13.2 Å². The number of sulfonamides is 1. The van der Waals surface area contributed by atoms with Gasteiger partial charge in [0.15, 0.2) is 11.5 Å². The Bertz CT molecular complexity index is 1740. The highest BCUT2D eigenvalue weighted by atomic mass is 32.2. The number of alkyl carbamates (subject to hydrolysis) is 1. The fourth-order valence-corrected chi connectivity index (χ4v) is 6.89. The Morgan fingerprint density at radius 3 is 2.31 bits per heavy atom. The standard InChI is InChI=1S/C36H44N4O7S/c1-36(2,3)47-35(42)38-17-14-25-15-18-40(19-16-25)34(41)31(21-26-8-6-9-27(20-26)24-37)39-48(43,44)30-11-7-10-28(22-30)29-12-13-32(45-4)33(23-29)46-5/h6-13,20,22-23,25,31,39H,14-19,21H2,1-5H3,(H,38,42). The van der Waals surface area contributed by atoms with Crippen molar-refractivity contribution in [2.75, 3.05) is 33.9 Å². The lowest BCUT2D eigenvalue weighted by molar-refractivity contribution is -0.134. The summed E-state index contributed by atoms with van der Waals surface area (Å²) in [5, 5.41) is 12.2. The highest BCUT2D eigenvalue weighted by molar-refractivity contribution is 7.89. The Balaban J connectivity index is 1.49. The van der Waals surface area contributed by atoms with E-state index < -0.39 is 27.8 Å². The molecule has 1 fully saturated rings. The first-order valence-corrected chi connectivity index (χ1v) is 17.4. The maximum atomic E-state index is 14.0. The predicted octanol–water partition coefficient (Wildman–Crippen LogP) is 5.29. The molecule has 2 amide bonds. The van der Waals surface area contributed by atoms with Crippen molar-refractivity contribution in [3.05, 3.63) is 77.9 Å². The average molecular weight is 677 g/mol. The largest absolute Gasteiger partial charge is 0.493 e. The Morgan fingerprint density at radius 1 is 0.958 bits per heavy atom. The Hall–Kier alpha value is -4.60. The highest BCUT2D eigenvalue weighted by Gasteiger charge is 2.32. The van der Waals surface area contributed by atoms with Gasteiger partial charge in [-0.05, 0) is 105 Å². The van der Waals surface area contributed by atoms with Crippen molar-refractivity contribution in [2.45, 2.75) is 63.0 Å². The molecule has 4 rings (SSSR count). The Morgan fingerprint density at radius 2 is 1.65 bits per heavy atom. The molecule has 1 aliphatic rings. The molecule has 0 radical (unpaired) electrons. The second kappa shape index (κ2) is 16.0. The molecule has 0 saturated carbocycles. The maximum Gasteiger partial charge on any atom is 0.407 e. The summed E-state index contributed by atoms with van der Waals surface area (Å²) in [7, 11) is -1.08. The van der Waals surface area contributed by atoms with E-state index in [1.54, 1.807) is 66.6 Å². The SMILES string of the molecule is COc1ccc(-c2cccc(S(=O)(=O)NC(Cc3cccc(C#N)c3)C(=O)N3CCC(CCNC(=O)OC(C)(C)C)CC3)c2)cc1OC. The van der Waals surface area contributed by atoms with Gasteiger partial charge in [-0.2, -0.15) is 9.98 Å². The molecule has 1 heterocycles. The van der Waals surface area contributed by atoms with Crippen molar-refractivity contribution in [3.8, 4) is 28.7 Å². The van der Waals surface area contributed by atoms with Crippen LogP contribution in [0.5, 0.6) is 11.5 Å². The molecule has 1 saturated heterocycles. The molecule has 2 N–H and O–H groups in total. The number of ether oxygens (including phenoxy) is 3. The summed E-state index contributed by atoms with van der Waals surface area (Å²) >= 11 is 0. The van der Waals surface area contributed by atoms with Crippen LogP contribution in [-0.4, -0.2) is 70.8 Å². The van der Waals surface area contributed by atoms with Gasteiger partial charge in [0.1, 0.15) is 11.6 Å². The molecule has 0 spiro atoms. The number of hydrogen-bond acceptors (Lipinski definition) is 8. The van der Waals surface area contributed by atoms with E-state index in [2.05, 4.69) is 16.1 Å². The predicted molar refractivity (Wildman–Crippen MR) is 182 cm³/mol. The van der Waals surface area contributed by atoms with Crippen molar-refractivity contribution >= 4 is 22.0 Å². The van der Waals surface area contributed by atoms with Crippen LogP contribution in [-0.2, 0) is 26.0 Å². The molecule has 256 valence electrons. The molecule has 48 heavy (non-hydrogen) atoms. The monoisotopic (exact) mass is 676 g/mol. The van der Waals surface area contributed by atoms with Crippen molar-refractivity contribution < 1.29 is 32.2 Å². The van der Waals surface area contributed by atoms with Crippen LogP contribution in [0.15, 0.2) is 71.6 Å². The summed E-state index contributed by atoms with van der Waals surface area (Å²) in [4.78, 5) is 27.7. The zero-order valence-electron chi connectivity index (χ0n) is 28.1. The number of nitrogens with zero attached hydrogens (tertiary/aromatic N) is 2. The summed E-state index contributed by atoms with van der Waals surface area (Å²) in [5.74, 6) is 1.03. The number of carbonyl (C=O) groups excluding carboxylic acids is 2. The molecular formula is C36H44N4O7S. The lowest BCUT2D eigenvalue weighted by Crippen LogP contribution is -2.51. The number of rotatable bonds is 12. The molecule has 11 nitrogen and oxygen atoms in total. The van der Waals surface area contributed by atoms with E-state index in [9.17, 15) is 23.3 Å². The van der Waals surface area contributed by atoms with Gasteiger partial charge in [-0.1, -0.05) is 30.3 Å². The van der Waals surface area contributed by atoms with Crippen LogP contribution in [0.2, 0.25) is 0 Å². The minimum absolute atomic E-state index is 0.00885. The first kappa shape index (κ1) is 36.2. The number of hydrogen-bond donors (Lipinski definition) is 2. The van der Waals surface area contributed by atoms with E-state index in [0.717, 1.165) is 24.8 Å². The number of piperidine rings is 1. The minimum Gasteiger partial charge on any atom is -0.493 e. The molecule has 3 aromatic carbocycles. The van der Waals surface area contributed by atoms with Gasteiger partial charge in [0.05, 0.1) is 30.7 Å². The fraction of sp³-hybridized carbons (Fsp3) is 0.417. The molecule has 12 heteroatoms. The van der Waals surface area contributed by atoms with Gasteiger partial charge < -0.3 is 24.4 Å². The molecule has 0 aromatic heterocycles. The smallest absolute Gasteiger partial charge is 0.407 e. The second-order valence-corrected chi connectivity index (χ2v) is 14.5. The fourth-order valence-electron chi connectivity index (χ4n) is 5.65. The van der Waals surface area contributed by atoms with Crippen LogP contribution >= 0.6 is 0 Å². The molecule has 1 aliphatic heterocycles. The van der Waals surface area contributed by atoms with Gasteiger partial charge in [-0.15, -0.1) is 0 Å². The number of amides is 2. The number of carbonyl (C=O) groups is 2. The van der Waals surface area contributed by atoms with Crippen molar-refractivity contribution in [1.29, 1.82) is 5.26 Å². The summed E-state index contributed by atoms with van der Waals surface area (Å²) in [6.07, 6.45) is 1.80. The first-order chi connectivity index (χ1) is 22.8. The van der Waals surface area contributed by atoms with Crippen LogP contribution < -0.4 is 19.5 Å². The number of methoxy groups -OCH3 is 2. The summed E-state index contributed by atoms with van der Waals surface area (Å²) < 4.78 is 46.4. The topological polar surface area (TPSA) is 147 Å². The number of benzene rings is 3. The molecule has 3 aromatic rings. The second-order valence-electron chi connectivity index (χ2n) is 12.8. The van der Waals surface area contributed by atoms with E-state index in [0.29, 0.717) is 53.7 Å². The van der Waals surface area contributed by atoms with E-state index >= 15 is 0 Å². The van der Waals surface area contributed by atoms with Gasteiger partial charge in [0, 0.05) is 19.6 Å². The quantitative estimate of drug-likeness (QED) is 0.263. The van der Waals surface area contributed by atoms with Crippen LogP contribution in [0.4, 0.5) is 4.79 Å². The Labute approximate surface area is 283 Å². The highest BCUT2D eigenvalue weighted by Crippen LogP contribution is 2.33. The summed E-state index contributed by atoms with van der Waals surface area (Å²) in [6, 6.07) is 19.6. The zero-order chi connectivity index (χ0) is 34.9. The lowest BCUT2D eigenvalue weighted by Gasteiger charge is -2.34. The van der Waals surface area contributed by atoms with Crippen molar-refractivity contribution in [2.24, 2.45) is 5.92 Å². The van der Waals surface area contributed by atoms with Crippen LogP contribution in [0, 0.1) is 17.2 Å². The minimum atomic E-state index is -4.15. The van der Waals surface area contributed by atoms with Gasteiger partial charge in [-0.3, -0.25) is 4.79 Å². The maximum absolute atomic E-state index is 14.0. The van der Waals surface area contributed by atoms with Crippen LogP contribution in [0.1, 0.15) is 51.2 Å². The third-order valence-electron chi connectivity index (χ3n) is 8.10. The molecular weight excluding hydrogens is 632 g/mol. The first-order valence-electron chi connectivity index (χ1n) is 15.9. The molecule has 0 bridgehead atoms. The van der Waals surface area contributed by atoms with E-state index in [1.807, 2.05) is 26.8 Å². The normalized spacial score (nSPS) is 14.5. The van der Waals surface area contributed by atoms with Crippen molar-refractivity contribution in [3.63, 3.8) is 0 Å². The van der Waals surface area contributed by atoms with Gasteiger partial charge in [-0.25, -0.2) is 13.2 Å². The number of nitrogens with one attached hydrogen (secondary N) is 2. The van der Waals surface area contributed by atoms with E-state index in [4.69, 9.17) is 14.2 Å². The molecule has 1 unspecified atom stereocenters. The van der Waals surface area contributed by atoms with Crippen molar-refractivity contribution in [1.82, 2.24) is 14.9 Å². The lowest BCUT2D eigenvalue weighted by atomic mass is 9.93. The average Bonchev–Trinajstić information content (AvgIpc) is 3.07. The number of likely N-dealkylation sites (tertiary alicyclic amines) is 1. The number of nitriles is 1. The molecule has 0 aliphatic carbocycles. The Kier molecular flexibility index (Phi) is 12.1. The van der Waals surface area contributed by atoms with Gasteiger partial charge in [0.2, 0.25) is 15.9 Å². The zero-order valence-corrected chi connectivity index (χ0v) is 28.9. The summed E-state index contributed by atoms with van der Waals surface area (Å²) in [5.41, 5.74) is 1.89. The van der Waals surface area contributed by atoms with Gasteiger partial charge >= 0.3 is 6.09 Å². The van der Waals surface area contributed by atoms with Crippen LogP contribution in [0.3, 0.4) is 0 Å². The molecule has 1 atom stereocenters. The third-order valence-corrected chi connectivity index (χ3v) is 9.57. The van der Waals surface area contributed by atoms with Gasteiger partial charge in [0.25, 0.3) is 0 Å². The summed E-state index contributed by atoms with van der Waals surface area (Å²) in [6.45, 7) is 6.81. The van der Waals surface area contributed by atoms with Crippen LogP contribution in [0.25, 0.3) is 11.1 Å².